The molecule has 0 aliphatic rings. The highest BCUT2D eigenvalue weighted by Gasteiger charge is 2.22. The van der Waals surface area contributed by atoms with E-state index in [1.54, 1.807) is 6.92 Å². The summed E-state index contributed by atoms with van der Waals surface area (Å²) in [5, 5.41) is 21.3. The fourth-order valence-electron chi connectivity index (χ4n) is 1.24. The third-order valence-electron chi connectivity index (χ3n) is 2.46. The molecule has 1 rings (SSSR count). The lowest BCUT2D eigenvalue weighted by Gasteiger charge is -2.28. The van der Waals surface area contributed by atoms with Crippen LogP contribution in [0.15, 0.2) is 18.2 Å². The van der Waals surface area contributed by atoms with Crippen LogP contribution in [0.2, 0.25) is 0 Å². The Morgan fingerprint density at radius 3 is 2.47 bits per heavy atom. The summed E-state index contributed by atoms with van der Waals surface area (Å²) in [4.78, 5) is 0. The van der Waals surface area contributed by atoms with E-state index in [1.807, 2.05) is 25.1 Å². The summed E-state index contributed by atoms with van der Waals surface area (Å²) in [5.74, 6) is 0. The molecule has 0 unspecified atom stereocenters. The van der Waals surface area contributed by atoms with Gasteiger partial charge in [0.15, 0.2) is 0 Å². The Morgan fingerprint density at radius 1 is 1.33 bits per heavy atom. The molecule has 4 heteroatoms. The predicted molar refractivity (Wildman–Crippen MR) is 61.8 cm³/mol. The number of aliphatic hydroxyl groups excluding tert-OH is 2. The Balaban J connectivity index is 2.94. The Morgan fingerprint density at radius 2 is 1.93 bits per heavy atom. The number of anilines is 2. The second-order valence-corrected chi connectivity index (χ2v) is 4.04. The van der Waals surface area contributed by atoms with E-state index in [9.17, 15) is 0 Å². The second-order valence-electron chi connectivity index (χ2n) is 4.04. The van der Waals surface area contributed by atoms with Gasteiger partial charge in [-0.25, -0.2) is 0 Å². The number of benzene rings is 1. The molecule has 1 aromatic carbocycles. The van der Waals surface area contributed by atoms with Crippen LogP contribution in [0.5, 0.6) is 0 Å². The van der Waals surface area contributed by atoms with Gasteiger partial charge in [-0.3, -0.25) is 0 Å². The van der Waals surface area contributed by atoms with E-state index in [0.29, 0.717) is 5.69 Å². The minimum Gasteiger partial charge on any atom is -0.397 e. The largest absolute Gasteiger partial charge is 0.397 e. The zero-order valence-corrected chi connectivity index (χ0v) is 9.12. The first-order valence-corrected chi connectivity index (χ1v) is 4.87. The van der Waals surface area contributed by atoms with Crippen molar-refractivity contribution in [3.8, 4) is 0 Å². The fourth-order valence-corrected chi connectivity index (χ4v) is 1.24. The van der Waals surface area contributed by atoms with Crippen molar-refractivity contribution in [3.05, 3.63) is 23.8 Å². The highest BCUT2D eigenvalue weighted by molar-refractivity contribution is 5.70. The number of nitrogens with one attached hydrogen (secondary N) is 1. The van der Waals surface area contributed by atoms with Crippen molar-refractivity contribution < 1.29 is 10.2 Å². The van der Waals surface area contributed by atoms with Crippen molar-refractivity contribution in [2.75, 3.05) is 24.3 Å². The van der Waals surface area contributed by atoms with E-state index in [2.05, 4.69) is 5.32 Å². The topological polar surface area (TPSA) is 78.5 Å². The van der Waals surface area contributed by atoms with Gasteiger partial charge in [-0.05, 0) is 25.5 Å². The quantitative estimate of drug-likeness (QED) is 0.552. The number of nitrogens with two attached hydrogens (primary N) is 1. The van der Waals surface area contributed by atoms with Gasteiger partial charge < -0.3 is 21.3 Å². The van der Waals surface area contributed by atoms with Crippen LogP contribution in [0, 0.1) is 6.92 Å². The van der Waals surface area contributed by atoms with Crippen molar-refractivity contribution >= 4 is 11.4 Å². The maximum absolute atomic E-state index is 9.14. The van der Waals surface area contributed by atoms with E-state index >= 15 is 0 Å². The Kier molecular flexibility index (Phi) is 3.55. The van der Waals surface area contributed by atoms with Gasteiger partial charge in [-0.15, -0.1) is 0 Å². The van der Waals surface area contributed by atoms with Crippen molar-refractivity contribution in [1.82, 2.24) is 0 Å². The van der Waals surface area contributed by atoms with Gasteiger partial charge >= 0.3 is 0 Å². The molecule has 84 valence electrons. The lowest BCUT2D eigenvalue weighted by atomic mass is 10.0. The summed E-state index contributed by atoms with van der Waals surface area (Å²) in [5.41, 5.74) is 7.48. The molecule has 0 aromatic heterocycles. The SMILES string of the molecule is Cc1cccc(NC(C)(CO)CO)c1N. The van der Waals surface area contributed by atoms with Gasteiger partial charge in [0, 0.05) is 0 Å². The van der Waals surface area contributed by atoms with E-state index in [0.717, 1.165) is 11.3 Å². The summed E-state index contributed by atoms with van der Waals surface area (Å²) in [6, 6.07) is 5.62. The van der Waals surface area contributed by atoms with Crippen LogP contribution < -0.4 is 11.1 Å². The van der Waals surface area contributed by atoms with Crippen LogP contribution in [0.25, 0.3) is 0 Å². The summed E-state index contributed by atoms with van der Waals surface area (Å²) < 4.78 is 0. The molecule has 15 heavy (non-hydrogen) atoms. The number of aliphatic hydroxyl groups is 2. The summed E-state index contributed by atoms with van der Waals surface area (Å²) in [7, 11) is 0. The zero-order valence-electron chi connectivity index (χ0n) is 9.12. The van der Waals surface area contributed by atoms with Crippen LogP contribution in [0.3, 0.4) is 0 Å². The Bertz CT molecular complexity index is 335. The maximum Gasteiger partial charge on any atom is 0.0807 e. The van der Waals surface area contributed by atoms with Crippen LogP contribution in [0.1, 0.15) is 12.5 Å². The highest BCUT2D eigenvalue weighted by atomic mass is 16.3. The molecule has 0 atom stereocenters. The number of rotatable bonds is 4. The van der Waals surface area contributed by atoms with Gasteiger partial charge in [0.05, 0.1) is 30.1 Å². The van der Waals surface area contributed by atoms with E-state index in [1.165, 1.54) is 0 Å². The van der Waals surface area contributed by atoms with Crippen LogP contribution in [-0.4, -0.2) is 29.0 Å². The minimum atomic E-state index is -0.748. The summed E-state index contributed by atoms with van der Waals surface area (Å²) in [6.07, 6.45) is 0. The normalized spacial score (nSPS) is 11.5. The van der Waals surface area contributed by atoms with Crippen LogP contribution in [-0.2, 0) is 0 Å². The molecule has 0 saturated heterocycles. The Labute approximate surface area is 89.7 Å². The molecule has 0 amide bonds. The molecule has 5 N–H and O–H groups in total. The van der Waals surface area contributed by atoms with E-state index in [-0.39, 0.29) is 13.2 Å². The standard InChI is InChI=1S/C11H18N2O2/c1-8-4-3-5-9(10(8)12)13-11(2,6-14)7-15/h3-5,13-15H,6-7,12H2,1-2H3. The highest BCUT2D eigenvalue weighted by Crippen LogP contribution is 2.24. The first-order chi connectivity index (χ1) is 7.02. The monoisotopic (exact) mass is 210 g/mol. The van der Waals surface area contributed by atoms with Crippen LogP contribution >= 0.6 is 0 Å². The van der Waals surface area contributed by atoms with Crippen molar-refractivity contribution in [2.24, 2.45) is 0 Å². The fraction of sp³-hybridized carbons (Fsp3) is 0.455. The molecule has 0 aliphatic heterocycles. The first-order valence-electron chi connectivity index (χ1n) is 4.87. The lowest BCUT2D eigenvalue weighted by Crippen LogP contribution is -2.42. The smallest absolute Gasteiger partial charge is 0.0807 e. The first kappa shape index (κ1) is 11.8. The molecule has 0 saturated carbocycles. The number of hydrogen-bond acceptors (Lipinski definition) is 4. The van der Waals surface area contributed by atoms with Crippen molar-refractivity contribution in [1.29, 1.82) is 0 Å². The molecule has 0 radical (unpaired) electrons. The molecule has 1 aromatic rings. The molecule has 4 nitrogen and oxygen atoms in total. The maximum atomic E-state index is 9.14. The molecule has 0 fully saturated rings. The third kappa shape index (κ3) is 2.61. The molecule has 0 heterocycles. The number of aryl methyl sites for hydroxylation is 1. The predicted octanol–water partition coefficient (Wildman–Crippen LogP) is 0.732. The molecular weight excluding hydrogens is 192 g/mol. The zero-order chi connectivity index (χ0) is 11.5. The summed E-state index contributed by atoms with van der Waals surface area (Å²) in [6.45, 7) is 3.33. The average molecular weight is 210 g/mol. The van der Waals surface area contributed by atoms with Crippen LogP contribution in [0.4, 0.5) is 11.4 Å². The number of nitrogen functional groups attached to an aromatic ring is 1. The van der Waals surface area contributed by atoms with Gasteiger partial charge in [0.25, 0.3) is 0 Å². The Hall–Kier alpha value is -1.26. The van der Waals surface area contributed by atoms with Crippen molar-refractivity contribution in [3.63, 3.8) is 0 Å². The molecule has 0 bridgehead atoms. The van der Waals surface area contributed by atoms with Gasteiger partial charge in [-0.1, -0.05) is 12.1 Å². The lowest BCUT2D eigenvalue weighted by molar-refractivity contribution is 0.147. The minimum absolute atomic E-state index is 0.156. The summed E-state index contributed by atoms with van der Waals surface area (Å²) >= 11 is 0. The molecule has 0 aliphatic carbocycles. The van der Waals surface area contributed by atoms with Crippen molar-refractivity contribution in [2.45, 2.75) is 19.4 Å². The van der Waals surface area contributed by atoms with Gasteiger partial charge in [0.1, 0.15) is 0 Å². The van der Waals surface area contributed by atoms with E-state index < -0.39 is 5.54 Å². The van der Waals surface area contributed by atoms with E-state index in [4.69, 9.17) is 15.9 Å². The number of hydrogen-bond donors (Lipinski definition) is 4. The molecule has 0 spiro atoms. The third-order valence-corrected chi connectivity index (χ3v) is 2.46. The number of para-hydroxylation sites is 1. The van der Waals surface area contributed by atoms with Gasteiger partial charge in [0.2, 0.25) is 0 Å². The molecular formula is C11H18N2O2. The average Bonchev–Trinajstić information content (AvgIpc) is 2.25. The second kappa shape index (κ2) is 4.51. The van der Waals surface area contributed by atoms with Gasteiger partial charge in [-0.2, -0.15) is 0 Å².